The van der Waals surface area contributed by atoms with Gasteiger partial charge in [0, 0.05) is 11.0 Å². The Balaban J connectivity index is 1.69. The van der Waals surface area contributed by atoms with Gasteiger partial charge in [0.2, 0.25) is 0 Å². The maximum absolute atomic E-state index is 13.9. The number of hydrogen-bond acceptors (Lipinski definition) is 2. The third-order valence-electron chi connectivity index (χ3n) is 3.97. The summed E-state index contributed by atoms with van der Waals surface area (Å²) in [6.45, 7) is 2.26. The van der Waals surface area contributed by atoms with Crippen LogP contribution in [0.5, 0.6) is 0 Å². The van der Waals surface area contributed by atoms with Gasteiger partial charge < -0.3 is 5.32 Å². The van der Waals surface area contributed by atoms with Gasteiger partial charge in [-0.05, 0) is 37.1 Å². The van der Waals surface area contributed by atoms with Gasteiger partial charge in [-0.1, -0.05) is 46.3 Å². The number of aromatic nitrogens is 2. The molecule has 4 nitrogen and oxygen atoms in total. The van der Waals surface area contributed by atoms with Crippen LogP contribution >= 0.6 is 15.9 Å². The van der Waals surface area contributed by atoms with E-state index in [0.29, 0.717) is 29.9 Å². The van der Waals surface area contributed by atoms with Gasteiger partial charge in [-0.3, -0.25) is 4.79 Å². The smallest absolute Gasteiger partial charge is 0.254 e. The molecule has 0 aliphatic heterocycles. The molecule has 0 spiro atoms. The van der Waals surface area contributed by atoms with Gasteiger partial charge >= 0.3 is 0 Å². The summed E-state index contributed by atoms with van der Waals surface area (Å²) in [6, 6.07) is 14.2. The zero-order chi connectivity index (χ0) is 17.8. The monoisotopic (exact) mass is 401 g/mol. The van der Waals surface area contributed by atoms with Gasteiger partial charge in [0.25, 0.3) is 5.91 Å². The van der Waals surface area contributed by atoms with Crippen LogP contribution in [0.25, 0.3) is 5.69 Å². The van der Waals surface area contributed by atoms with E-state index in [1.165, 1.54) is 16.9 Å². The first kappa shape index (κ1) is 17.4. The zero-order valence-corrected chi connectivity index (χ0v) is 15.3. The lowest BCUT2D eigenvalue weighted by Crippen LogP contribution is -2.26. The molecule has 1 heterocycles. The molecule has 3 aromatic rings. The molecule has 0 fully saturated rings. The van der Waals surface area contributed by atoms with E-state index in [9.17, 15) is 9.18 Å². The molecule has 6 heteroatoms. The summed E-state index contributed by atoms with van der Waals surface area (Å²) < 4.78 is 16.4. The van der Waals surface area contributed by atoms with Gasteiger partial charge in [0.05, 0.1) is 17.5 Å². The summed E-state index contributed by atoms with van der Waals surface area (Å²) in [5.41, 5.74) is 2.49. The number of rotatable bonds is 5. The normalized spacial score (nSPS) is 10.7. The Hall–Kier alpha value is -2.47. The molecule has 1 amide bonds. The van der Waals surface area contributed by atoms with Crippen LogP contribution in [0.3, 0.4) is 0 Å². The predicted octanol–water partition coefficient (Wildman–Crippen LogP) is 4.05. The second-order valence-corrected chi connectivity index (χ2v) is 6.46. The van der Waals surface area contributed by atoms with E-state index >= 15 is 0 Å². The quantitative estimate of drug-likeness (QED) is 0.700. The van der Waals surface area contributed by atoms with Crippen molar-refractivity contribution in [1.82, 2.24) is 15.1 Å². The second kappa shape index (κ2) is 7.61. The van der Waals surface area contributed by atoms with E-state index < -0.39 is 0 Å². The van der Waals surface area contributed by atoms with Crippen LogP contribution in [-0.4, -0.2) is 22.2 Å². The Morgan fingerprint density at radius 1 is 1.20 bits per heavy atom. The molecule has 0 saturated carbocycles. The van der Waals surface area contributed by atoms with E-state index in [0.717, 1.165) is 10.0 Å². The van der Waals surface area contributed by atoms with Crippen LogP contribution in [0.4, 0.5) is 4.39 Å². The molecule has 0 aliphatic rings. The Labute approximate surface area is 153 Å². The van der Waals surface area contributed by atoms with E-state index in [4.69, 9.17) is 0 Å². The summed E-state index contributed by atoms with van der Waals surface area (Å²) in [5, 5.41) is 7.04. The minimum Gasteiger partial charge on any atom is -0.352 e. The highest BCUT2D eigenvalue weighted by Crippen LogP contribution is 2.18. The molecule has 25 heavy (non-hydrogen) atoms. The molecule has 0 unspecified atom stereocenters. The molecule has 0 atom stereocenters. The van der Waals surface area contributed by atoms with Crippen molar-refractivity contribution < 1.29 is 9.18 Å². The minimum absolute atomic E-state index is 0.216. The van der Waals surface area contributed by atoms with Gasteiger partial charge in [-0.2, -0.15) is 5.10 Å². The summed E-state index contributed by atoms with van der Waals surface area (Å²) in [5.74, 6) is -0.596. The van der Waals surface area contributed by atoms with Crippen LogP contribution in [0.1, 0.15) is 21.6 Å². The Morgan fingerprint density at radius 2 is 1.92 bits per heavy atom. The van der Waals surface area contributed by atoms with Crippen LogP contribution in [0.15, 0.2) is 59.2 Å². The predicted molar refractivity (Wildman–Crippen MR) is 98.4 cm³/mol. The second-order valence-electron chi connectivity index (χ2n) is 5.60. The Bertz CT molecular complexity index is 907. The van der Waals surface area contributed by atoms with Crippen molar-refractivity contribution in [2.45, 2.75) is 13.3 Å². The molecule has 1 N–H and O–H groups in total. The summed E-state index contributed by atoms with van der Waals surface area (Å²) in [6.07, 6.45) is 2.18. The first-order valence-electron chi connectivity index (χ1n) is 7.89. The lowest BCUT2D eigenvalue weighted by Gasteiger charge is -2.08. The maximum Gasteiger partial charge on any atom is 0.254 e. The standard InChI is InChI=1S/C19H17BrFN3O/c1-13-15(12-23-24(13)18-9-5-4-8-17(18)21)19(25)22-11-10-14-6-2-3-7-16(14)20/h2-9,12H,10-11H2,1H3,(H,22,25). The van der Waals surface area contributed by atoms with Gasteiger partial charge in [-0.15, -0.1) is 0 Å². The van der Waals surface area contributed by atoms with Crippen molar-refractivity contribution in [3.63, 3.8) is 0 Å². The van der Waals surface area contributed by atoms with Gasteiger partial charge in [-0.25, -0.2) is 9.07 Å². The molecular weight excluding hydrogens is 385 g/mol. The number of hydrogen-bond donors (Lipinski definition) is 1. The van der Waals surface area contributed by atoms with Crippen molar-refractivity contribution in [2.24, 2.45) is 0 Å². The number of nitrogens with one attached hydrogen (secondary N) is 1. The third-order valence-corrected chi connectivity index (χ3v) is 4.75. The zero-order valence-electron chi connectivity index (χ0n) is 13.7. The maximum atomic E-state index is 13.9. The highest BCUT2D eigenvalue weighted by molar-refractivity contribution is 9.10. The highest BCUT2D eigenvalue weighted by Gasteiger charge is 2.16. The molecular formula is C19H17BrFN3O. The molecule has 3 rings (SSSR count). The first-order chi connectivity index (χ1) is 12.1. The van der Waals surface area contributed by atoms with Gasteiger partial charge in [0.1, 0.15) is 11.5 Å². The van der Waals surface area contributed by atoms with Gasteiger partial charge in [0.15, 0.2) is 0 Å². The van der Waals surface area contributed by atoms with Crippen LogP contribution in [0, 0.1) is 12.7 Å². The number of nitrogens with zero attached hydrogens (tertiary/aromatic N) is 2. The number of para-hydroxylation sites is 1. The van der Waals surface area contributed by atoms with Crippen LogP contribution in [0.2, 0.25) is 0 Å². The largest absolute Gasteiger partial charge is 0.352 e. The number of amides is 1. The number of benzene rings is 2. The highest BCUT2D eigenvalue weighted by atomic mass is 79.9. The van der Waals surface area contributed by atoms with Crippen LogP contribution in [-0.2, 0) is 6.42 Å². The lowest BCUT2D eigenvalue weighted by atomic mass is 10.1. The Morgan fingerprint density at radius 3 is 2.68 bits per heavy atom. The molecule has 0 radical (unpaired) electrons. The topological polar surface area (TPSA) is 46.9 Å². The lowest BCUT2D eigenvalue weighted by molar-refractivity contribution is 0.0953. The summed E-state index contributed by atoms with van der Waals surface area (Å²) in [4.78, 5) is 12.4. The SMILES string of the molecule is Cc1c(C(=O)NCCc2ccccc2Br)cnn1-c1ccccc1F. The molecule has 0 bridgehead atoms. The van der Waals surface area contributed by atoms with Crippen molar-refractivity contribution in [3.05, 3.63) is 81.8 Å². The number of carbonyl (C=O) groups excluding carboxylic acids is 1. The molecule has 0 aliphatic carbocycles. The number of carbonyl (C=O) groups is 1. The van der Waals surface area contributed by atoms with E-state index in [1.54, 1.807) is 25.1 Å². The fourth-order valence-electron chi connectivity index (χ4n) is 2.61. The van der Waals surface area contributed by atoms with Crippen molar-refractivity contribution in [1.29, 1.82) is 0 Å². The summed E-state index contributed by atoms with van der Waals surface area (Å²) in [7, 11) is 0. The summed E-state index contributed by atoms with van der Waals surface area (Å²) >= 11 is 3.49. The molecule has 0 saturated heterocycles. The third kappa shape index (κ3) is 3.79. The fraction of sp³-hybridized carbons (Fsp3) is 0.158. The van der Waals surface area contributed by atoms with E-state index in [-0.39, 0.29) is 11.7 Å². The van der Waals surface area contributed by atoms with Crippen LogP contribution < -0.4 is 5.32 Å². The molecule has 2 aromatic carbocycles. The fourth-order valence-corrected chi connectivity index (χ4v) is 3.09. The van der Waals surface area contributed by atoms with Crippen molar-refractivity contribution >= 4 is 21.8 Å². The average molecular weight is 402 g/mol. The van der Waals surface area contributed by atoms with E-state index in [1.807, 2.05) is 24.3 Å². The first-order valence-corrected chi connectivity index (χ1v) is 8.68. The molecule has 1 aromatic heterocycles. The Kier molecular flexibility index (Phi) is 5.28. The molecule has 128 valence electrons. The minimum atomic E-state index is -0.380. The average Bonchev–Trinajstić information content (AvgIpc) is 2.98. The van der Waals surface area contributed by atoms with Crippen molar-refractivity contribution in [3.8, 4) is 5.69 Å². The van der Waals surface area contributed by atoms with E-state index in [2.05, 4.69) is 26.3 Å². The number of halogens is 2. The van der Waals surface area contributed by atoms with Crippen molar-refractivity contribution in [2.75, 3.05) is 6.54 Å².